The molecule has 0 aliphatic rings. The van der Waals surface area contributed by atoms with Crippen molar-refractivity contribution >= 4 is 11.8 Å². The standard InChI is InChI=1S/C30H43F2N3O4/c1-4-10-35(11-5-2)28(38)17-26(36)29(30(33)39)25(15-22-13-23(31)16-24(32)14-22)27(37)19-34-18-21-9-7-8-20(6-3)12-21/h7-9,12-14,16,25-27,29,34,36-37H,4-6,10-11,15,17-19H2,1-3H3,(H2,33,39)/t25-,26?,27+,29?/m1/s1. The van der Waals surface area contributed by atoms with Crippen LogP contribution in [-0.2, 0) is 29.0 Å². The maximum Gasteiger partial charge on any atom is 0.225 e. The SMILES string of the molecule is CCCN(CCC)C(=O)CC(O)C(C(N)=O)[C@H](Cc1cc(F)cc(F)c1)[C@@H](O)CNCc1cccc(CC)c1. The van der Waals surface area contributed by atoms with E-state index in [9.17, 15) is 28.6 Å². The van der Waals surface area contributed by atoms with E-state index in [4.69, 9.17) is 5.73 Å². The van der Waals surface area contributed by atoms with E-state index in [-0.39, 0.29) is 30.9 Å². The Balaban J connectivity index is 2.27. The van der Waals surface area contributed by atoms with Gasteiger partial charge >= 0.3 is 0 Å². The van der Waals surface area contributed by atoms with Gasteiger partial charge in [0.15, 0.2) is 0 Å². The molecule has 216 valence electrons. The van der Waals surface area contributed by atoms with Crippen molar-refractivity contribution in [2.24, 2.45) is 17.6 Å². The number of nitrogens with two attached hydrogens (primary N) is 1. The molecule has 0 heterocycles. The highest BCUT2D eigenvalue weighted by molar-refractivity contribution is 5.81. The van der Waals surface area contributed by atoms with Crippen LogP contribution >= 0.6 is 0 Å². The smallest absolute Gasteiger partial charge is 0.225 e. The molecule has 4 atom stereocenters. The van der Waals surface area contributed by atoms with Crippen molar-refractivity contribution in [2.45, 2.75) is 71.6 Å². The molecule has 0 spiro atoms. The van der Waals surface area contributed by atoms with Gasteiger partial charge in [-0.2, -0.15) is 0 Å². The second kappa shape index (κ2) is 16.3. The molecule has 0 radical (unpaired) electrons. The summed E-state index contributed by atoms with van der Waals surface area (Å²) in [4.78, 5) is 27.2. The molecule has 2 aromatic rings. The van der Waals surface area contributed by atoms with E-state index in [0.29, 0.717) is 19.6 Å². The maximum absolute atomic E-state index is 13.9. The molecule has 2 unspecified atom stereocenters. The number of carbonyl (C=O) groups is 2. The van der Waals surface area contributed by atoms with Crippen LogP contribution in [0.4, 0.5) is 8.78 Å². The average Bonchev–Trinajstić information content (AvgIpc) is 2.87. The summed E-state index contributed by atoms with van der Waals surface area (Å²) in [5, 5.41) is 25.4. The van der Waals surface area contributed by atoms with Crippen LogP contribution in [-0.4, -0.2) is 58.8 Å². The van der Waals surface area contributed by atoms with Crippen molar-refractivity contribution in [1.82, 2.24) is 10.2 Å². The van der Waals surface area contributed by atoms with E-state index < -0.39 is 41.6 Å². The zero-order valence-corrected chi connectivity index (χ0v) is 23.2. The molecular formula is C30H43F2N3O4. The van der Waals surface area contributed by atoms with Crippen molar-refractivity contribution in [3.63, 3.8) is 0 Å². The third-order valence-electron chi connectivity index (χ3n) is 6.90. The first-order valence-electron chi connectivity index (χ1n) is 13.8. The van der Waals surface area contributed by atoms with Gasteiger partial charge in [-0.15, -0.1) is 0 Å². The fraction of sp³-hybridized carbons (Fsp3) is 0.533. The predicted molar refractivity (Wildman–Crippen MR) is 148 cm³/mol. The van der Waals surface area contributed by atoms with Gasteiger partial charge in [0.05, 0.1) is 24.5 Å². The minimum Gasteiger partial charge on any atom is -0.392 e. The number of nitrogens with one attached hydrogen (secondary N) is 1. The third kappa shape index (κ3) is 10.3. The van der Waals surface area contributed by atoms with Gasteiger partial charge in [0.1, 0.15) is 11.6 Å². The van der Waals surface area contributed by atoms with Crippen LogP contribution in [0.1, 0.15) is 56.7 Å². The first kappa shape index (κ1) is 32.3. The minimum atomic E-state index is -1.48. The lowest BCUT2D eigenvalue weighted by atomic mass is 9.78. The monoisotopic (exact) mass is 547 g/mol. The molecule has 9 heteroatoms. The van der Waals surface area contributed by atoms with Gasteiger partial charge in [0, 0.05) is 38.2 Å². The van der Waals surface area contributed by atoms with Gasteiger partial charge in [-0.3, -0.25) is 9.59 Å². The molecule has 7 nitrogen and oxygen atoms in total. The second-order valence-electron chi connectivity index (χ2n) is 10.1. The topological polar surface area (TPSA) is 116 Å². The molecule has 2 rings (SSSR count). The molecule has 2 aromatic carbocycles. The highest BCUT2D eigenvalue weighted by atomic mass is 19.1. The summed E-state index contributed by atoms with van der Waals surface area (Å²) in [6, 6.07) is 10.9. The summed E-state index contributed by atoms with van der Waals surface area (Å²) in [5.74, 6) is -5.15. The normalized spacial score (nSPS) is 14.4. The van der Waals surface area contributed by atoms with Crippen LogP contribution in [0.5, 0.6) is 0 Å². The van der Waals surface area contributed by atoms with E-state index >= 15 is 0 Å². The lowest BCUT2D eigenvalue weighted by Crippen LogP contribution is -2.48. The van der Waals surface area contributed by atoms with Crippen molar-refractivity contribution < 1.29 is 28.6 Å². The molecule has 0 fully saturated rings. The van der Waals surface area contributed by atoms with E-state index in [1.807, 2.05) is 38.1 Å². The number of aliphatic hydroxyl groups is 2. The zero-order chi connectivity index (χ0) is 28.9. The molecule has 0 aliphatic carbocycles. The van der Waals surface area contributed by atoms with Crippen molar-refractivity contribution in [1.29, 1.82) is 0 Å². The molecule has 0 bridgehead atoms. The number of carbonyl (C=O) groups excluding carboxylic acids is 2. The highest BCUT2D eigenvalue weighted by Gasteiger charge is 2.39. The van der Waals surface area contributed by atoms with Crippen LogP contribution < -0.4 is 11.1 Å². The Kier molecular flexibility index (Phi) is 13.5. The van der Waals surface area contributed by atoms with Crippen LogP contribution in [0.25, 0.3) is 0 Å². The van der Waals surface area contributed by atoms with Crippen molar-refractivity contribution in [3.05, 3.63) is 70.8 Å². The van der Waals surface area contributed by atoms with E-state index in [1.165, 1.54) is 5.56 Å². The number of nitrogens with zero attached hydrogens (tertiary/aromatic N) is 1. The first-order chi connectivity index (χ1) is 18.6. The highest BCUT2D eigenvalue weighted by Crippen LogP contribution is 2.27. The maximum atomic E-state index is 13.9. The zero-order valence-electron chi connectivity index (χ0n) is 23.2. The molecule has 5 N–H and O–H groups in total. The van der Waals surface area contributed by atoms with Gasteiger partial charge in [-0.05, 0) is 54.5 Å². The molecule has 39 heavy (non-hydrogen) atoms. The van der Waals surface area contributed by atoms with Crippen molar-refractivity contribution in [3.8, 4) is 0 Å². The number of aryl methyl sites for hydroxylation is 1. The Morgan fingerprint density at radius 2 is 1.54 bits per heavy atom. The van der Waals surface area contributed by atoms with Gasteiger partial charge < -0.3 is 26.2 Å². The van der Waals surface area contributed by atoms with Crippen LogP contribution in [0.15, 0.2) is 42.5 Å². The molecule has 0 saturated heterocycles. The van der Waals surface area contributed by atoms with Crippen LogP contribution in [0, 0.1) is 23.5 Å². The lowest BCUT2D eigenvalue weighted by molar-refractivity contribution is -0.138. The number of halogens is 2. The number of hydrogen-bond acceptors (Lipinski definition) is 5. The Labute approximate surface area is 230 Å². The summed E-state index contributed by atoms with van der Waals surface area (Å²) in [6.07, 6.45) is -0.823. The van der Waals surface area contributed by atoms with Crippen LogP contribution in [0.2, 0.25) is 0 Å². The number of hydrogen-bond donors (Lipinski definition) is 4. The molecule has 0 aromatic heterocycles. The summed E-state index contributed by atoms with van der Waals surface area (Å²) in [7, 11) is 0. The van der Waals surface area contributed by atoms with Gasteiger partial charge in [-0.1, -0.05) is 45.0 Å². The first-order valence-corrected chi connectivity index (χ1v) is 13.8. The number of benzene rings is 2. The molecule has 2 amide bonds. The average molecular weight is 548 g/mol. The van der Waals surface area contributed by atoms with E-state index in [2.05, 4.69) is 12.2 Å². The Bertz CT molecular complexity index is 1040. The Morgan fingerprint density at radius 3 is 2.10 bits per heavy atom. The van der Waals surface area contributed by atoms with Gasteiger partial charge in [0.2, 0.25) is 11.8 Å². The molecule has 0 saturated carbocycles. The fourth-order valence-corrected chi connectivity index (χ4v) is 5.00. The molecular weight excluding hydrogens is 504 g/mol. The summed E-state index contributed by atoms with van der Waals surface area (Å²) in [6.45, 7) is 7.43. The van der Waals surface area contributed by atoms with E-state index in [0.717, 1.165) is 43.0 Å². The number of aliphatic hydroxyl groups excluding tert-OH is 2. The Morgan fingerprint density at radius 1 is 0.923 bits per heavy atom. The Hall–Kier alpha value is -2.88. The predicted octanol–water partition coefficient (Wildman–Crippen LogP) is 3.34. The summed E-state index contributed by atoms with van der Waals surface area (Å²) < 4.78 is 27.9. The number of amides is 2. The third-order valence-corrected chi connectivity index (χ3v) is 6.90. The van der Waals surface area contributed by atoms with E-state index in [1.54, 1.807) is 4.90 Å². The van der Waals surface area contributed by atoms with Gasteiger partial charge in [-0.25, -0.2) is 8.78 Å². The second-order valence-corrected chi connectivity index (χ2v) is 10.1. The molecule has 0 aliphatic heterocycles. The minimum absolute atomic E-state index is 0.0288. The lowest BCUT2D eigenvalue weighted by Gasteiger charge is -2.33. The van der Waals surface area contributed by atoms with Gasteiger partial charge in [0.25, 0.3) is 0 Å². The quantitative estimate of drug-likeness (QED) is 0.243. The fourth-order valence-electron chi connectivity index (χ4n) is 5.00. The number of primary amides is 1. The van der Waals surface area contributed by atoms with Crippen molar-refractivity contribution in [2.75, 3.05) is 19.6 Å². The summed E-state index contributed by atoms with van der Waals surface area (Å²) in [5.41, 5.74) is 8.09. The summed E-state index contributed by atoms with van der Waals surface area (Å²) >= 11 is 0. The number of rotatable bonds is 17. The van der Waals surface area contributed by atoms with Crippen LogP contribution in [0.3, 0.4) is 0 Å². The largest absolute Gasteiger partial charge is 0.392 e.